The first kappa shape index (κ1) is 28.0. The lowest BCUT2D eigenvalue weighted by atomic mass is 10.00. The summed E-state index contributed by atoms with van der Waals surface area (Å²) in [6.45, 7) is 1.38. The van der Waals surface area contributed by atoms with Gasteiger partial charge in [0.15, 0.2) is 11.9 Å². The molecule has 0 radical (unpaired) electrons. The van der Waals surface area contributed by atoms with Gasteiger partial charge in [0.1, 0.15) is 12.2 Å². The van der Waals surface area contributed by atoms with Gasteiger partial charge in [0.2, 0.25) is 5.78 Å². The molecule has 1 aliphatic rings. The van der Waals surface area contributed by atoms with Crippen LogP contribution in [0.5, 0.6) is 0 Å². The van der Waals surface area contributed by atoms with E-state index >= 15 is 0 Å². The zero-order valence-electron chi connectivity index (χ0n) is 22.0. The van der Waals surface area contributed by atoms with Gasteiger partial charge in [-0.25, -0.2) is 0 Å². The number of allylic oxidation sites excluding steroid dienone is 1. The Labute approximate surface area is 243 Å². The van der Waals surface area contributed by atoms with Gasteiger partial charge in [-0.15, -0.1) is 0 Å². The smallest absolute Gasteiger partial charge is 0.227 e. The Bertz CT molecular complexity index is 1370. The van der Waals surface area contributed by atoms with Crippen LogP contribution in [0.4, 0.5) is 0 Å². The van der Waals surface area contributed by atoms with Crippen LogP contribution in [0.25, 0.3) is 0 Å². The summed E-state index contributed by atoms with van der Waals surface area (Å²) in [6.07, 6.45) is 0.155. The number of hydrogen-bond acceptors (Lipinski definition) is 5. The lowest BCUT2D eigenvalue weighted by molar-refractivity contribution is -0.151. The molecule has 0 saturated carbocycles. The van der Waals surface area contributed by atoms with E-state index in [0.717, 1.165) is 21.2 Å². The Kier molecular flexibility index (Phi) is 9.93. The third kappa shape index (κ3) is 7.77. The molecule has 0 bridgehead atoms. The molecule has 4 aromatic carbocycles. The summed E-state index contributed by atoms with van der Waals surface area (Å²) in [7, 11) is 0. The van der Waals surface area contributed by atoms with Gasteiger partial charge in [-0.05, 0) is 47.0 Å². The number of rotatable bonds is 12. The predicted octanol–water partition coefficient (Wildman–Crippen LogP) is 7.30. The summed E-state index contributed by atoms with van der Waals surface area (Å²) >= 11 is 3.43. The third-order valence-corrected chi connectivity index (χ3v) is 7.11. The number of halogens is 1. The van der Waals surface area contributed by atoms with Gasteiger partial charge in [0.25, 0.3) is 0 Å². The summed E-state index contributed by atoms with van der Waals surface area (Å²) < 4.78 is 26.2. The zero-order valence-corrected chi connectivity index (χ0v) is 23.6. The van der Waals surface area contributed by atoms with E-state index < -0.39 is 18.3 Å². The molecule has 4 aromatic rings. The van der Waals surface area contributed by atoms with Gasteiger partial charge in [0, 0.05) is 10.0 Å². The van der Waals surface area contributed by atoms with Crippen molar-refractivity contribution in [2.24, 2.45) is 0 Å². The normalized spacial score (nSPS) is 18.5. The summed E-state index contributed by atoms with van der Waals surface area (Å²) in [6, 6.07) is 37.1. The maximum absolute atomic E-state index is 13.5. The average Bonchev–Trinajstić information content (AvgIpc) is 3.01. The Balaban J connectivity index is 1.40. The highest BCUT2D eigenvalue weighted by Crippen LogP contribution is 2.28. The topological polar surface area (TPSA) is 54.0 Å². The van der Waals surface area contributed by atoms with Crippen molar-refractivity contribution in [3.05, 3.63) is 154 Å². The SMILES string of the molecule is O=C(C1=C[C@@H](OCc2ccccc2)[C@H](OCc2ccccc2)[C@@H](COCc2ccccc2)O1)c1ccc(Br)cc1. The van der Waals surface area contributed by atoms with Gasteiger partial charge in [-0.1, -0.05) is 107 Å². The number of ketones is 1. The number of Topliss-reactive ketones (excluding diaryl/α,β-unsaturated/α-hetero) is 1. The molecule has 0 N–H and O–H groups in total. The highest BCUT2D eigenvalue weighted by Gasteiger charge is 2.39. The molecular weight excluding hydrogens is 568 g/mol. The highest BCUT2D eigenvalue weighted by molar-refractivity contribution is 9.10. The minimum atomic E-state index is -0.562. The zero-order chi connectivity index (χ0) is 27.6. The molecule has 0 unspecified atom stereocenters. The summed E-state index contributed by atoms with van der Waals surface area (Å²) in [5, 5.41) is 0. The molecule has 0 spiro atoms. The van der Waals surface area contributed by atoms with Gasteiger partial charge in [-0.3, -0.25) is 4.79 Å². The van der Waals surface area contributed by atoms with Crippen molar-refractivity contribution < 1.29 is 23.7 Å². The molecule has 6 heteroatoms. The summed E-state index contributed by atoms with van der Waals surface area (Å²) in [4.78, 5) is 13.5. The van der Waals surface area contributed by atoms with Crippen molar-refractivity contribution in [1.29, 1.82) is 0 Å². The summed E-state index contributed by atoms with van der Waals surface area (Å²) in [5.74, 6) is 0.0173. The fourth-order valence-corrected chi connectivity index (χ4v) is 4.74. The van der Waals surface area contributed by atoms with Crippen LogP contribution in [-0.2, 0) is 38.8 Å². The maximum Gasteiger partial charge on any atom is 0.227 e. The van der Waals surface area contributed by atoms with E-state index in [2.05, 4.69) is 15.9 Å². The molecule has 0 amide bonds. The monoisotopic (exact) mass is 598 g/mol. The Morgan fingerprint density at radius 2 is 1.20 bits per heavy atom. The van der Waals surface area contributed by atoms with Crippen molar-refractivity contribution >= 4 is 21.7 Å². The van der Waals surface area contributed by atoms with Crippen molar-refractivity contribution in [1.82, 2.24) is 0 Å². The average molecular weight is 600 g/mol. The number of hydrogen-bond donors (Lipinski definition) is 0. The van der Waals surface area contributed by atoms with Crippen LogP contribution in [0.1, 0.15) is 27.0 Å². The van der Waals surface area contributed by atoms with Gasteiger partial charge < -0.3 is 18.9 Å². The van der Waals surface area contributed by atoms with E-state index in [1.165, 1.54) is 0 Å². The van der Waals surface area contributed by atoms with Gasteiger partial charge in [0.05, 0.1) is 26.4 Å². The van der Waals surface area contributed by atoms with Crippen LogP contribution in [0, 0.1) is 0 Å². The molecule has 1 aliphatic heterocycles. The van der Waals surface area contributed by atoms with Crippen LogP contribution in [0.15, 0.2) is 132 Å². The quantitative estimate of drug-likeness (QED) is 0.160. The van der Waals surface area contributed by atoms with Crippen LogP contribution in [0.3, 0.4) is 0 Å². The molecule has 0 aromatic heterocycles. The minimum Gasteiger partial charge on any atom is -0.481 e. The predicted molar refractivity (Wildman–Crippen MR) is 158 cm³/mol. The van der Waals surface area contributed by atoms with E-state index in [1.54, 1.807) is 18.2 Å². The second-order valence-electron chi connectivity index (χ2n) is 9.55. The van der Waals surface area contributed by atoms with Gasteiger partial charge >= 0.3 is 0 Å². The Morgan fingerprint density at radius 1 is 0.675 bits per heavy atom. The largest absolute Gasteiger partial charge is 0.481 e. The molecule has 0 saturated heterocycles. The van der Waals surface area contributed by atoms with Crippen molar-refractivity contribution in [3.8, 4) is 0 Å². The number of ether oxygens (including phenoxy) is 4. The van der Waals surface area contributed by atoms with Crippen LogP contribution >= 0.6 is 15.9 Å². The molecule has 0 fully saturated rings. The van der Waals surface area contributed by atoms with E-state index in [4.69, 9.17) is 18.9 Å². The fourth-order valence-electron chi connectivity index (χ4n) is 4.47. The van der Waals surface area contributed by atoms with E-state index in [0.29, 0.717) is 25.4 Å². The molecule has 0 aliphatic carbocycles. The standard InChI is InChI=1S/C34H31BrO5/c35-29-18-16-28(17-19-29)33(36)30-20-31(38-22-26-12-6-2-7-13-26)34(39-23-27-14-8-3-9-15-27)32(40-30)24-37-21-25-10-4-1-5-11-25/h1-20,31-32,34H,21-24H2/t31-,32-,34+/m1/s1. The molecule has 5 rings (SSSR count). The van der Waals surface area contributed by atoms with E-state index in [-0.39, 0.29) is 18.1 Å². The van der Waals surface area contributed by atoms with Crippen molar-refractivity contribution in [2.45, 2.75) is 38.1 Å². The molecular formula is C34H31BrO5. The second kappa shape index (κ2) is 14.2. The van der Waals surface area contributed by atoms with E-state index in [1.807, 2.05) is 103 Å². The first-order valence-electron chi connectivity index (χ1n) is 13.3. The maximum atomic E-state index is 13.5. The Hall–Kier alpha value is -3.55. The van der Waals surface area contributed by atoms with E-state index in [9.17, 15) is 4.79 Å². The molecule has 1 heterocycles. The first-order valence-corrected chi connectivity index (χ1v) is 14.1. The lowest BCUT2D eigenvalue weighted by Crippen LogP contribution is -2.48. The van der Waals surface area contributed by atoms with Gasteiger partial charge in [-0.2, -0.15) is 0 Å². The fraction of sp³-hybridized carbons (Fsp3) is 0.206. The third-order valence-electron chi connectivity index (χ3n) is 6.58. The second-order valence-corrected chi connectivity index (χ2v) is 10.5. The Morgan fingerprint density at radius 3 is 1.77 bits per heavy atom. The molecule has 3 atom stereocenters. The molecule has 204 valence electrons. The highest BCUT2D eigenvalue weighted by atomic mass is 79.9. The first-order chi connectivity index (χ1) is 19.7. The lowest BCUT2D eigenvalue weighted by Gasteiger charge is -2.36. The number of carbonyl (C=O) groups is 1. The van der Waals surface area contributed by atoms with Crippen molar-refractivity contribution in [2.75, 3.05) is 6.61 Å². The van der Waals surface area contributed by atoms with Crippen molar-refractivity contribution in [3.63, 3.8) is 0 Å². The van der Waals surface area contributed by atoms with Crippen LogP contribution in [-0.4, -0.2) is 30.7 Å². The number of benzene rings is 4. The minimum absolute atomic E-state index is 0.213. The molecule has 40 heavy (non-hydrogen) atoms. The van der Waals surface area contributed by atoms with Crippen LogP contribution < -0.4 is 0 Å². The van der Waals surface area contributed by atoms with Crippen LogP contribution in [0.2, 0.25) is 0 Å². The summed E-state index contributed by atoms with van der Waals surface area (Å²) in [5.41, 5.74) is 3.65. The molecule has 5 nitrogen and oxygen atoms in total. The number of carbonyl (C=O) groups excluding carboxylic acids is 1.